The third kappa shape index (κ3) is 4.97. The van der Waals surface area contributed by atoms with E-state index in [1.165, 1.54) is 7.11 Å². The smallest absolute Gasteiger partial charge is 0.343 e. The molecule has 0 fully saturated rings. The number of carbonyl (C=O) groups excluding carboxylic acids is 3. The Labute approximate surface area is 156 Å². The average molecular weight is 386 g/mol. The summed E-state index contributed by atoms with van der Waals surface area (Å²) in [5, 5.41) is 2.28. The number of carbonyl (C=O) groups is 3. The van der Waals surface area contributed by atoms with Crippen LogP contribution in [-0.4, -0.2) is 49.5 Å². The molecule has 1 rings (SSSR count). The Balaban J connectivity index is 3.59. The molecule has 10 heteroatoms. The van der Waals surface area contributed by atoms with Crippen molar-refractivity contribution in [1.82, 2.24) is 10.1 Å². The normalized spacial score (nSPS) is 11.4. The van der Waals surface area contributed by atoms with E-state index in [1.54, 1.807) is 0 Å². The molecule has 1 heterocycles. The Morgan fingerprint density at radius 1 is 1.15 bits per heavy atom. The van der Waals surface area contributed by atoms with Gasteiger partial charge in [0.25, 0.3) is 5.56 Å². The van der Waals surface area contributed by atoms with Gasteiger partial charge in [0.2, 0.25) is 11.4 Å². The van der Waals surface area contributed by atoms with E-state index in [9.17, 15) is 19.2 Å². The van der Waals surface area contributed by atoms with Gasteiger partial charge in [0.15, 0.2) is 6.73 Å². The first-order valence-corrected chi connectivity index (χ1v) is 8.29. The van der Waals surface area contributed by atoms with Crippen molar-refractivity contribution in [3.8, 4) is 0 Å². The van der Waals surface area contributed by atoms with E-state index in [1.807, 2.05) is 13.8 Å². The SMILES string of the molecule is COCn1oc(CC(C)C)c(CC(NC(C)=O)(C(=O)OC)C(=O)OC)c1=O. The van der Waals surface area contributed by atoms with Crippen molar-refractivity contribution in [3.05, 3.63) is 21.7 Å². The van der Waals surface area contributed by atoms with Crippen molar-refractivity contribution in [2.75, 3.05) is 21.3 Å². The van der Waals surface area contributed by atoms with Crippen LogP contribution in [0.2, 0.25) is 0 Å². The summed E-state index contributed by atoms with van der Waals surface area (Å²) in [6.07, 6.45) is -0.104. The lowest BCUT2D eigenvalue weighted by molar-refractivity contribution is -0.165. The Kier molecular flexibility index (Phi) is 7.77. The van der Waals surface area contributed by atoms with Gasteiger partial charge in [0.1, 0.15) is 5.76 Å². The van der Waals surface area contributed by atoms with Crippen LogP contribution in [0.5, 0.6) is 0 Å². The van der Waals surface area contributed by atoms with Crippen LogP contribution < -0.4 is 10.9 Å². The molecule has 27 heavy (non-hydrogen) atoms. The number of esters is 2. The van der Waals surface area contributed by atoms with Crippen LogP contribution in [0.4, 0.5) is 0 Å². The summed E-state index contributed by atoms with van der Waals surface area (Å²) in [6, 6.07) is 0. The number of aromatic nitrogens is 1. The highest BCUT2D eigenvalue weighted by atomic mass is 16.6. The summed E-state index contributed by atoms with van der Waals surface area (Å²) >= 11 is 0. The van der Waals surface area contributed by atoms with Crippen molar-refractivity contribution >= 4 is 17.8 Å². The molecule has 1 aromatic rings. The zero-order valence-electron chi connectivity index (χ0n) is 16.4. The van der Waals surface area contributed by atoms with Crippen LogP contribution >= 0.6 is 0 Å². The molecule has 0 radical (unpaired) electrons. The minimum atomic E-state index is -2.21. The predicted octanol–water partition coefficient (Wildman–Crippen LogP) is 0.00710. The molecule has 152 valence electrons. The maximum atomic E-state index is 12.7. The summed E-state index contributed by atoms with van der Waals surface area (Å²) in [5.74, 6) is -2.37. The van der Waals surface area contributed by atoms with E-state index in [-0.39, 0.29) is 24.0 Å². The van der Waals surface area contributed by atoms with Gasteiger partial charge in [-0.25, -0.2) is 9.59 Å². The van der Waals surface area contributed by atoms with Crippen molar-refractivity contribution in [3.63, 3.8) is 0 Å². The lowest BCUT2D eigenvalue weighted by atomic mass is 9.89. The molecule has 0 saturated heterocycles. The standard InChI is InChI=1S/C17H26N2O8/c1-10(2)7-13-12(14(21)19(27-13)9-24-4)8-17(15(22)25-5,16(23)26-6)18-11(3)20/h10H,7-9H2,1-6H3,(H,18,20). The van der Waals surface area contributed by atoms with Crippen molar-refractivity contribution < 1.29 is 33.1 Å². The maximum Gasteiger partial charge on any atom is 0.343 e. The van der Waals surface area contributed by atoms with E-state index < -0.39 is 35.4 Å². The molecule has 0 aliphatic rings. The number of ether oxygens (including phenoxy) is 3. The number of nitrogens with zero attached hydrogens (tertiary/aromatic N) is 1. The van der Waals surface area contributed by atoms with E-state index in [2.05, 4.69) is 5.32 Å². The van der Waals surface area contributed by atoms with E-state index in [0.717, 1.165) is 25.9 Å². The molecule has 0 aliphatic carbocycles. The van der Waals surface area contributed by atoms with E-state index >= 15 is 0 Å². The molecule has 0 saturated carbocycles. The van der Waals surface area contributed by atoms with Gasteiger partial charge >= 0.3 is 11.9 Å². The van der Waals surface area contributed by atoms with Crippen molar-refractivity contribution in [2.45, 2.75) is 45.9 Å². The number of amides is 1. The Morgan fingerprint density at radius 2 is 1.70 bits per heavy atom. The van der Waals surface area contributed by atoms with Gasteiger partial charge in [-0.05, 0) is 5.92 Å². The lowest BCUT2D eigenvalue weighted by Crippen LogP contribution is -2.62. The Morgan fingerprint density at radius 3 is 2.11 bits per heavy atom. The van der Waals surface area contributed by atoms with Gasteiger partial charge in [0.05, 0.1) is 19.8 Å². The van der Waals surface area contributed by atoms with Crippen LogP contribution in [0, 0.1) is 5.92 Å². The number of hydrogen-bond donors (Lipinski definition) is 1. The predicted molar refractivity (Wildman–Crippen MR) is 92.8 cm³/mol. The molecule has 0 unspecified atom stereocenters. The molecule has 0 aromatic carbocycles. The van der Waals surface area contributed by atoms with Gasteiger partial charge in [0, 0.05) is 26.9 Å². The summed E-state index contributed by atoms with van der Waals surface area (Å²) in [6.45, 7) is 4.82. The van der Waals surface area contributed by atoms with E-state index in [0.29, 0.717) is 6.42 Å². The van der Waals surface area contributed by atoms with Gasteiger partial charge in [-0.1, -0.05) is 13.8 Å². The van der Waals surface area contributed by atoms with E-state index in [4.69, 9.17) is 18.7 Å². The fraction of sp³-hybridized carbons (Fsp3) is 0.647. The quantitative estimate of drug-likeness (QED) is 0.464. The monoisotopic (exact) mass is 386 g/mol. The molecular weight excluding hydrogens is 360 g/mol. The zero-order valence-corrected chi connectivity index (χ0v) is 16.4. The average Bonchev–Trinajstić information content (AvgIpc) is 2.87. The minimum absolute atomic E-state index is 0.0605. The molecule has 0 aliphatic heterocycles. The first kappa shape index (κ1) is 22.4. The van der Waals surface area contributed by atoms with Crippen molar-refractivity contribution in [1.29, 1.82) is 0 Å². The van der Waals surface area contributed by atoms with Crippen LogP contribution in [0.25, 0.3) is 0 Å². The fourth-order valence-corrected chi connectivity index (χ4v) is 2.70. The maximum absolute atomic E-state index is 12.7. The summed E-state index contributed by atoms with van der Waals surface area (Å²) in [7, 11) is 3.52. The van der Waals surface area contributed by atoms with Gasteiger partial charge in [-0.15, -0.1) is 4.74 Å². The summed E-state index contributed by atoms with van der Waals surface area (Å²) in [5.41, 5.74) is -2.73. The number of nitrogens with one attached hydrogen (secondary N) is 1. The highest BCUT2D eigenvalue weighted by molar-refractivity contribution is 6.07. The first-order chi connectivity index (χ1) is 12.6. The third-order valence-corrected chi connectivity index (χ3v) is 3.78. The zero-order chi connectivity index (χ0) is 20.8. The Bertz CT molecular complexity index is 731. The molecule has 1 amide bonds. The number of rotatable bonds is 9. The molecule has 1 aromatic heterocycles. The molecule has 0 bridgehead atoms. The summed E-state index contributed by atoms with van der Waals surface area (Å²) in [4.78, 5) is 49.3. The molecule has 1 N–H and O–H groups in total. The summed E-state index contributed by atoms with van der Waals surface area (Å²) < 4.78 is 20.9. The first-order valence-electron chi connectivity index (χ1n) is 8.29. The van der Waals surface area contributed by atoms with Gasteiger partial charge in [-0.2, -0.15) is 0 Å². The fourth-order valence-electron chi connectivity index (χ4n) is 2.70. The van der Waals surface area contributed by atoms with Crippen LogP contribution in [0.3, 0.4) is 0 Å². The van der Waals surface area contributed by atoms with Crippen LogP contribution in [-0.2, 0) is 48.2 Å². The highest BCUT2D eigenvalue weighted by Gasteiger charge is 2.51. The topological polar surface area (TPSA) is 126 Å². The van der Waals surface area contributed by atoms with Crippen LogP contribution in [0.15, 0.2) is 9.32 Å². The third-order valence-electron chi connectivity index (χ3n) is 3.78. The molecule has 10 nitrogen and oxygen atoms in total. The second kappa shape index (κ2) is 9.36. The van der Waals surface area contributed by atoms with Gasteiger partial charge < -0.3 is 24.1 Å². The molecular formula is C17H26N2O8. The number of methoxy groups -OCH3 is 3. The number of hydrogen-bond acceptors (Lipinski definition) is 8. The van der Waals surface area contributed by atoms with Crippen LogP contribution in [0.1, 0.15) is 32.1 Å². The van der Waals surface area contributed by atoms with Crippen molar-refractivity contribution in [2.24, 2.45) is 5.92 Å². The highest BCUT2D eigenvalue weighted by Crippen LogP contribution is 2.21. The lowest BCUT2D eigenvalue weighted by Gasteiger charge is -2.28. The molecule has 0 atom stereocenters. The second-order valence-corrected chi connectivity index (χ2v) is 6.44. The minimum Gasteiger partial charge on any atom is -0.467 e. The largest absolute Gasteiger partial charge is 0.467 e. The van der Waals surface area contributed by atoms with Gasteiger partial charge in [-0.3, -0.25) is 9.59 Å². The molecule has 0 spiro atoms. The second-order valence-electron chi connectivity index (χ2n) is 6.44. The Hall–Kier alpha value is -2.62.